The zero-order chi connectivity index (χ0) is 13.7. The molecule has 1 unspecified atom stereocenters. The molecule has 100 valence electrons. The lowest BCUT2D eigenvalue weighted by atomic mass is 10.1. The minimum absolute atomic E-state index is 0.162. The van der Waals surface area contributed by atoms with Crippen LogP contribution in [0.2, 0.25) is 0 Å². The van der Waals surface area contributed by atoms with Crippen LogP contribution in [0.3, 0.4) is 0 Å². The summed E-state index contributed by atoms with van der Waals surface area (Å²) in [5.41, 5.74) is 1.38. The second-order valence-electron chi connectivity index (χ2n) is 4.18. The van der Waals surface area contributed by atoms with E-state index in [0.29, 0.717) is 18.1 Å². The number of benzene rings is 1. The molecule has 0 saturated heterocycles. The van der Waals surface area contributed by atoms with Crippen molar-refractivity contribution >= 4 is 5.69 Å². The van der Waals surface area contributed by atoms with Gasteiger partial charge in [-0.05, 0) is 32.0 Å². The predicted molar refractivity (Wildman–Crippen MR) is 73.8 cm³/mol. The van der Waals surface area contributed by atoms with Gasteiger partial charge in [-0.2, -0.15) is 0 Å². The Morgan fingerprint density at radius 1 is 1.26 bits per heavy atom. The molecule has 0 radical (unpaired) electrons. The number of hydrogen-bond donors (Lipinski definition) is 1. The highest BCUT2D eigenvalue weighted by atomic mass is 19.1. The lowest BCUT2D eigenvalue weighted by Crippen LogP contribution is -2.10. The van der Waals surface area contributed by atoms with Gasteiger partial charge in [-0.25, -0.2) is 9.37 Å². The first-order valence-electron chi connectivity index (χ1n) is 6.31. The molecule has 0 saturated carbocycles. The SMILES string of the molecule is CCOc1ncccc1NC(C)c1ccccc1F. The second kappa shape index (κ2) is 6.18. The first-order chi connectivity index (χ1) is 9.22. The number of ether oxygens (including phenoxy) is 1. The van der Waals surface area contributed by atoms with E-state index in [4.69, 9.17) is 4.74 Å². The van der Waals surface area contributed by atoms with E-state index >= 15 is 0 Å². The largest absolute Gasteiger partial charge is 0.476 e. The Morgan fingerprint density at radius 3 is 2.79 bits per heavy atom. The van der Waals surface area contributed by atoms with Gasteiger partial charge in [-0.3, -0.25) is 0 Å². The Morgan fingerprint density at radius 2 is 2.05 bits per heavy atom. The van der Waals surface area contributed by atoms with Crippen molar-refractivity contribution in [3.8, 4) is 5.88 Å². The summed E-state index contributed by atoms with van der Waals surface area (Å²) in [6.45, 7) is 4.35. The maximum Gasteiger partial charge on any atom is 0.237 e. The third kappa shape index (κ3) is 3.22. The third-order valence-electron chi connectivity index (χ3n) is 2.80. The molecule has 1 heterocycles. The van der Waals surface area contributed by atoms with E-state index in [0.717, 1.165) is 5.69 Å². The second-order valence-corrected chi connectivity index (χ2v) is 4.18. The van der Waals surface area contributed by atoms with Crippen molar-refractivity contribution < 1.29 is 9.13 Å². The van der Waals surface area contributed by atoms with Gasteiger partial charge in [0, 0.05) is 11.8 Å². The molecule has 2 aromatic rings. The van der Waals surface area contributed by atoms with Gasteiger partial charge in [0.1, 0.15) is 5.82 Å². The van der Waals surface area contributed by atoms with Crippen molar-refractivity contribution in [2.24, 2.45) is 0 Å². The predicted octanol–water partition coefficient (Wildman–Crippen LogP) is 3.79. The number of halogens is 1. The quantitative estimate of drug-likeness (QED) is 0.888. The number of nitrogens with one attached hydrogen (secondary N) is 1. The van der Waals surface area contributed by atoms with Crippen LogP contribution in [0.15, 0.2) is 42.6 Å². The van der Waals surface area contributed by atoms with Gasteiger partial charge in [0.2, 0.25) is 5.88 Å². The van der Waals surface area contributed by atoms with Gasteiger partial charge < -0.3 is 10.1 Å². The fourth-order valence-corrected chi connectivity index (χ4v) is 1.89. The maximum atomic E-state index is 13.7. The first-order valence-corrected chi connectivity index (χ1v) is 6.31. The molecule has 0 fully saturated rings. The molecule has 2 rings (SSSR count). The molecule has 1 aromatic heterocycles. The fraction of sp³-hybridized carbons (Fsp3) is 0.267. The molecular weight excluding hydrogens is 243 g/mol. The van der Waals surface area contributed by atoms with Crippen molar-refractivity contribution in [3.63, 3.8) is 0 Å². The summed E-state index contributed by atoms with van der Waals surface area (Å²) in [6, 6.07) is 10.3. The summed E-state index contributed by atoms with van der Waals surface area (Å²) >= 11 is 0. The molecule has 1 aromatic carbocycles. The molecule has 0 aliphatic heterocycles. The highest BCUT2D eigenvalue weighted by Gasteiger charge is 2.12. The van der Waals surface area contributed by atoms with Crippen LogP contribution in [-0.2, 0) is 0 Å². The van der Waals surface area contributed by atoms with Gasteiger partial charge in [0.25, 0.3) is 0 Å². The highest BCUT2D eigenvalue weighted by Crippen LogP contribution is 2.26. The number of aromatic nitrogens is 1. The van der Waals surface area contributed by atoms with Gasteiger partial charge in [-0.1, -0.05) is 18.2 Å². The summed E-state index contributed by atoms with van der Waals surface area (Å²) < 4.78 is 19.1. The van der Waals surface area contributed by atoms with Crippen LogP contribution >= 0.6 is 0 Å². The molecule has 4 heteroatoms. The molecule has 1 atom stereocenters. The maximum absolute atomic E-state index is 13.7. The van der Waals surface area contributed by atoms with E-state index in [1.54, 1.807) is 18.3 Å². The molecule has 0 spiro atoms. The average Bonchev–Trinajstić information content (AvgIpc) is 2.41. The zero-order valence-corrected chi connectivity index (χ0v) is 11.1. The van der Waals surface area contributed by atoms with Crippen LogP contribution in [0.25, 0.3) is 0 Å². The van der Waals surface area contributed by atoms with Gasteiger partial charge in [0.15, 0.2) is 0 Å². The summed E-state index contributed by atoms with van der Waals surface area (Å²) in [6.07, 6.45) is 1.67. The lowest BCUT2D eigenvalue weighted by Gasteiger charge is -2.18. The summed E-state index contributed by atoms with van der Waals surface area (Å²) in [7, 11) is 0. The Labute approximate surface area is 112 Å². The van der Waals surface area contributed by atoms with Gasteiger partial charge in [0.05, 0.1) is 18.3 Å². The smallest absolute Gasteiger partial charge is 0.237 e. The van der Waals surface area contributed by atoms with Gasteiger partial charge >= 0.3 is 0 Å². The molecule has 1 N–H and O–H groups in total. The Balaban J connectivity index is 2.19. The number of nitrogens with zero attached hydrogens (tertiary/aromatic N) is 1. The van der Waals surface area contributed by atoms with Crippen LogP contribution in [0.1, 0.15) is 25.5 Å². The van der Waals surface area contributed by atoms with Crippen LogP contribution < -0.4 is 10.1 Å². The number of rotatable bonds is 5. The number of anilines is 1. The van der Waals surface area contributed by atoms with Crippen molar-refractivity contribution in [3.05, 3.63) is 54.0 Å². The van der Waals surface area contributed by atoms with E-state index < -0.39 is 0 Å². The van der Waals surface area contributed by atoms with Crippen molar-refractivity contribution in [1.82, 2.24) is 4.98 Å². The fourth-order valence-electron chi connectivity index (χ4n) is 1.89. The minimum atomic E-state index is -0.218. The van der Waals surface area contributed by atoms with Crippen molar-refractivity contribution in [2.45, 2.75) is 19.9 Å². The van der Waals surface area contributed by atoms with Crippen molar-refractivity contribution in [2.75, 3.05) is 11.9 Å². The lowest BCUT2D eigenvalue weighted by molar-refractivity contribution is 0.328. The van der Waals surface area contributed by atoms with Crippen LogP contribution in [-0.4, -0.2) is 11.6 Å². The Hall–Kier alpha value is -2.10. The normalized spacial score (nSPS) is 11.9. The number of hydrogen-bond acceptors (Lipinski definition) is 3. The van der Waals surface area contributed by atoms with Crippen LogP contribution in [0.5, 0.6) is 5.88 Å². The summed E-state index contributed by atoms with van der Waals surface area (Å²) in [4.78, 5) is 4.16. The average molecular weight is 260 g/mol. The number of pyridine rings is 1. The molecule has 0 bridgehead atoms. The summed E-state index contributed by atoms with van der Waals surface area (Å²) in [5, 5.41) is 3.22. The topological polar surface area (TPSA) is 34.1 Å². The molecule has 3 nitrogen and oxygen atoms in total. The molecule has 0 aliphatic rings. The van der Waals surface area contributed by atoms with Crippen LogP contribution in [0, 0.1) is 5.82 Å². The standard InChI is InChI=1S/C15H17FN2O/c1-3-19-15-14(9-6-10-17-15)18-11(2)12-7-4-5-8-13(12)16/h4-11,18H,3H2,1-2H3. The molecule has 0 aliphatic carbocycles. The van der Waals surface area contributed by atoms with E-state index in [1.165, 1.54) is 6.07 Å². The Bertz CT molecular complexity index is 545. The van der Waals surface area contributed by atoms with E-state index in [9.17, 15) is 4.39 Å². The minimum Gasteiger partial charge on any atom is -0.476 e. The zero-order valence-electron chi connectivity index (χ0n) is 11.1. The molecule has 0 amide bonds. The summed E-state index contributed by atoms with van der Waals surface area (Å²) in [5.74, 6) is 0.317. The van der Waals surface area contributed by atoms with Gasteiger partial charge in [-0.15, -0.1) is 0 Å². The monoisotopic (exact) mass is 260 g/mol. The van der Waals surface area contributed by atoms with E-state index in [-0.39, 0.29) is 11.9 Å². The van der Waals surface area contributed by atoms with E-state index in [1.807, 2.05) is 32.0 Å². The first kappa shape index (κ1) is 13.3. The van der Waals surface area contributed by atoms with Crippen LogP contribution in [0.4, 0.5) is 10.1 Å². The van der Waals surface area contributed by atoms with Crippen molar-refractivity contribution in [1.29, 1.82) is 0 Å². The van der Waals surface area contributed by atoms with E-state index in [2.05, 4.69) is 10.3 Å². The highest BCUT2D eigenvalue weighted by molar-refractivity contribution is 5.53. The molecule has 19 heavy (non-hydrogen) atoms. The third-order valence-corrected chi connectivity index (χ3v) is 2.80. The molecular formula is C15H17FN2O. The Kier molecular flexibility index (Phi) is 4.34.